The van der Waals surface area contributed by atoms with Gasteiger partial charge in [-0.2, -0.15) is 5.10 Å². The van der Waals surface area contributed by atoms with E-state index in [0.29, 0.717) is 6.54 Å². The smallest absolute Gasteiger partial charge is 0.146 e. The Balaban J connectivity index is 2.05. The van der Waals surface area contributed by atoms with Gasteiger partial charge in [-0.3, -0.25) is 4.68 Å². The highest BCUT2D eigenvalue weighted by molar-refractivity contribution is 5.42. The van der Waals surface area contributed by atoms with Crippen LogP contribution in [0.25, 0.3) is 0 Å². The van der Waals surface area contributed by atoms with Crippen LogP contribution in [0.2, 0.25) is 0 Å². The summed E-state index contributed by atoms with van der Waals surface area (Å²) in [4.78, 5) is 0. The molecule has 0 spiro atoms. The molecule has 0 aliphatic carbocycles. The van der Waals surface area contributed by atoms with Crippen LogP contribution in [0.5, 0.6) is 0 Å². The fraction of sp³-hybridized carbons (Fsp3) is 0.182. The van der Waals surface area contributed by atoms with E-state index in [2.05, 4.69) is 10.4 Å². The molecule has 0 bridgehead atoms. The number of halogens is 1. The molecule has 0 saturated carbocycles. The third kappa shape index (κ3) is 2.13. The molecule has 0 aliphatic heterocycles. The predicted octanol–water partition coefficient (Wildman–Crippen LogP) is 1.75. The van der Waals surface area contributed by atoms with Gasteiger partial charge < -0.3 is 11.1 Å². The van der Waals surface area contributed by atoms with E-state index in [4.69, 9.17) is 5.73 Å². The van der Waals surface area contributed by atoms with Crippen molar-refractivity contribution in [3.05, 3.63) is 41.8 Å². The maximum atomic E-state index is 13.2. The first-order valence-corrected chi connectivity index (χ1v) is 4.92. The zero-order valence-electron chi connectivity index (χ0n) is 8.94. The zero-order chi connectivity index (χ0) is 11.5. The molecular formula is C11H13FN4. The normalized spacial score (nSPS) is 10.4. The highest BCUT2D eigenvalue weighted by Crippen LogP contribution is 2.13. The summed E-state index contributed by atoms with van der Waals surface area (Å²) in [6.07, 6.45) is 1.70. The second-order valence-corrected chi connectivity index (χ2v) is 3.55. The molecule has 0 saturated heterocycles. The zero-order valence-corrected chi connectivity index (χ0v) is 8.94. The Morgan fingerprint density at radius 2 is 2.25 bits per heavy atom. The molecule has 2 aromatic rings. The van der Waals surface area contributed by atoms with Crippen molar-refractivity contribution < 1.29 is 4.39 Å². The van der Waals surface area contributed by atoms with E-state index in [9.17, 15) is 4.39 Å². The summed E-state index contributed by atoms with van der Waals surface area (Å²) in [5, 5.41) is 7.17. The van der Waals surface area contributed by atoms with Gasteiger partial charge in [0.2, 0.25) is 0 Å². The molecule has 3 N–H and O–H groups in total. The Kier molecular flexibility index (Phi) is 2.76. The summed E-state index contributed by atoms with van der Waals surface area (Å²) in [5.41, 5.74) is 6.41. The van der Waals surface area contributed by atoms with Crippen molar-refractivity contribution in [1.29, 1.82) is 0 Å². The van der Waals surface area contributed by atoms with Gasteiger partial charge in [0.05, 0.1) is 11.9 Å². The van der Waals surface area contributed by atoms with Gasteiger partial charge in [0.15, 0.2) is 0 Å². The minimum absolute atomic E-state index is 0.171. The first-order valence-electron chi connectivity index (χ1n) is 4.92. The highest BCUT2D eigenvalue weighted by atomic mass is 19.1. The molecule has 1 aromatic heterocycles. The largest absolute Gasteiger partial charge is 0.396 e. The lowest BCUT2D eigenvalue weighted by atomic mass is 10.2. The Bertz CT molecular complexity index is 492. The third-order valence-electron chi connectivity index (χ3n) is 2.36. The van der Waals surface area contributed by atoms with Gasteiger partial charge in [-0.25, -0.2) is 4.39 Å². The standard InChI is InChI=1S/C11H13FN4/c1-16-11(4-5-15-16)14-7-8-2-3-10(13)9(12)6-8/h2-6,14H,7,13H2,1H3. The summed E-state index contributed by atoms with van der Waals surface area (Å²) < 4.78 is 14.9. The van der Waals surface area contributed by atoms with Crippen LogP contribution in [0.15, 0.2) is 30.5 Å². The van der Waals surface area contributed by atoms with Crippen molar-refractivity contribution in [2.45, 2.75) is 6.54 Å². The monoisotopic (exact) mass is 220 g/mol. The van der Waals surface area contributed by atoms with Crippen molar-refractivity contribution in [3.63, 3.8) is 0 Å². The minimum Gasteiger partial charge on any atom is -0.396 e. The average Bonchev–Trinajstić information content (AvgIpc) is 2.66. The molecule has 5 heteroatoms. The lowest BCUT2D eigenvalue weighted by Gasteiger charge is -2.07. The molecule has 0 aliphatic rings. The van der Waals surface area contributed by atoms with Crippen LogP contribution in [-0.4, -0.2) is 9.78 Å². The van der Waals surface area contributed by atoms with Gasteiger partial charge in [-0.1, -0.05) is 6.07 Å². The minimum atomic E-state index is -0.385. The summed E-state index contributed by atoms with van der Waals surface area (Å²) in [5.74, 6) is 0.501. The molecule has 1 heterocycles. The summed E-state index contributed by atoms with van der Waals surface area (Å²) in [6.45, 7) is 0.538. The van der Waals surface area contributed by atoms with Crippen molar-refractivity contribution in [2.24, 2.45) is 7.05 Å². The SMILES string of the molecule is Cn1nccc1NCc1ccc(N)c(F)c1. The van der Waals surface area contributed by atoms with Gasteiger partial charge in [0, 0.05) is 19.7 Å². The van der Waals surface area contributed by atoms with Crippen LogP contribution >= 0.6 is 0 Å². The molecule has 1 aromatic carbocycles. The highest BCUT2D eigenvalue weighted by Gasteiger charge is 2.01. The molecule has 0 unspecified atom stereocenters. The van der Waals surface area contributed by atoms with Crippen molar-refractivity contribution >= 4 is 11.5 Å². The number of nitrogens with two attached hydrogens (primary N) is 1. The summed E-state index contributed by atoms with van der Waals surface area (Å²) in [6, 6.07) is 6.64. The molecule has 16 heavy (non-hydrogen) atoms. The van der Waals surface area contributed by atoms with E-state index in [1.165, 1.54) is 6.07 Å². The van der Waals surface area contributed by atoms with E-state index < -0.39 is 0 Å². The van der Waals surface area contributed by atoms with Crippen LogP contribution in [0, 0.1) is 5.82 Å². The lowest BCUT2D eigenvalue weighted by molar-refractivity contribution is 0.630. The Morgan fingerprint density at radius 1 is 1.44 bits per heavy atom. The number of nitrogens with zero attached hydrogens (tertiary/aromatic N) is 2. The topological polar surface area (TPSA) is 55.9 Å². The van der Waals surface area contributed by atoms with Crippen LogP contribution in [0.1, 0.15) is 5.56 Å². The van der Waals surface area contributed by atoms with Gasteiger partial charge in [-0.05, 0) is 17.7 Å². The fourth-order valence-corrected chi connectivity index (χ4v) is 1.42. The quantitative estimate of drug-likeness (QED) is 0.775. The van der Waals surface area contributed by atoms with Gasteiger partial charge in [0.1, 0.15) is 11.6 Å². The number of benzene rings is 1. The molecule has 84 valence electrons. The first-order chi connectivity index (χ1) is 7.66. The molecule has 0 radical (unpaired) electrons. The number of aromatic nitrogens is 2. The first kappa shape index (κ1) is 10.5. The van der Waals surface area contributed by atoms with Crippen LogP contribution in [-0.2, 0) is 13.6 Å². The Morgan fingerprint density at radius 3 is 2.88 bits per heavy atom. The van der Waals surface area contributed by atoms with E-state index in [1.54, 1.807) is 23.0 Å². The number of anilines is 2. The van der Waals surface area contributed by atoms with Gasteiger partial charge in [-0.15, -0.1) is 0 Å². The Hall–Kier alpha value is -2.04. The number of hydrogen-bond donors (Lipinski definition) is 2. The maximum Gasteiger partial charge on any atom is 0.146 e. The lowest BCUT2D eigenvalue weighted by Crippen LogP contribution is -2.05. The summed E-state index contributed by atoms with van der Waals surface area (Å²) in [7, 11) is 1.84. The molecule has 4 nitrogen and oxygen atoms in total. The number of hydrogen-bond acceptors (Lipinski definition) is 3. The van der Waals surface area contributed by atoms with Crippen molar-refractivity contribution in [2.75, 3.05) is 11.1 Å². The van der Waals surface area contributed by atoms with Crippen molar-refractivity contribution in [3.8, 4) is 0 Å². The fourth-order valence-electron chi connectivity index (χ4n) is 1.42. The average molecular weight is 220 g/mol. The number of aryl methyl sites for hydroxylation is 1. The number of nitrogens with one attached hydrogen (secondary N) is 1. The molecular weight excluding hydrogens is 207 g/mol. The van der Waals surface area contributed by atoms with E-state index in [0.717, 1.165) is 11.4 Å². The van der Waals surface area contributed by atoms with Crippen LogP contribution < -0.4 is 11.1 Å². The number of nitrogen functional groups attached to an aromatic ring is 1. The van der Waals surface area contributed by atoms with E-state index in [-0.39, 0.29) is 11.5 Å². The predicted molar refractivity (Wildman–Crippen MR) is 61.3 cm³/mol. The van der Waals surface area contributed by atoms with Gasteiger partial charge >= 0.3 is 0 Å². The summed E-state index contributed by atoms with van der Waals surface area (Å²) >= 11 is 0. The molecule has 2 rings (SSSR count). The second-order valence-electron chi connectivity index (χ2n) is 3.55. The third-order valence-corrected chi connectivity index (χ3v) is 2.36. The second kappa shape index (κ2) is 4.22. The van der Waals surface area contributed by atoms with Crippen LogP contribution in [0.3, 0.4) is 0 Å². The van der Waals surface area contributed by atoms with Crippen LogP contribution in [0.4, 0.5) is 15.9 Å². The molecule has 0 fully saturated rings. The molecule has 0 atom stereocenters. The van der Waals surface area contributed by atoms with E-state index in [1.807, 2.05) is 13.1 Å². The van der Waals surface area contributed by atoms with Gasteiger partial charge in [0.25, 0.3) is 0 Å². The van der Waals surface area contributed by atoms with E-state index >= 15 is 0 Å². The van der Waals surface area contributed by atoms with Crippen molar-refractivity contribution in [1.82, 2.24) is 9.78 Å². The number of rotatable bonds is 3. The molecule has 0 amide bonds. The maximum absolute atomic E-state index is 13.2. The Labute approximate surface area is 92.9 Å².